The number of ether oxygens (including phenoxy) is 2. The normalized spacial score (nSPS) is 28.2. The molecule has 2 amide bonds. The number of nitrogens with zero attached hydrogens (tertiary/aromatic N) is 1. The summed E-state index contributed by atoms with van der Waals surface area (Å²) in [6, 6.07) is -0.285. The van der Waals surface area contributed by atoms with Crippen LogP contribution in [0.1, 0.15) is 26.2 Å². The van der Waals surface area contributed by atoms with Gasteiger partial charge in [0.1, 0.15) is 6.04 Å². The van der Waals surface area contributed by atoms with Gasteiger partial charge in [0.05, 0.1) is 13.7 Å². The highest BCUT2D eigenvalue weighted by Gasteiger charge is 2.38. The van der Waals surface area contributed by atoms with Crippen LogP contribution >= 0.6 is 0 Å². The molecule has 3 unspecified atom stereocenters. The third-order valence-electron chi connectivity index (χ3n) is 4.00. The van der Waals surface area contributed by atoms with Crippen molar-refractivity contribution < 1.29 is 19.1 Å². The van der Waals surface area contributed by atoms with Crippen LogP contribution in [0, 0.1) is 5.92 Å². The summed E-state index contributed by atoms with van der Waals surface area (Å²) in [6.45, 7) is 3.98. The summed E-state index contributed by atoms with van der Waals surface area (Å²) >= 11 is 0. The van der Waals surface area contributed by atoms with Crippen molar-refractivity contribution in [3.8, 4) is 0 Å². The second-order valence-electron chi connectivity index (χ2n) is 5.26. The third-order valence-corrected chi connectivity index (χ3v) is 4.00. The van der Waals surface area contributed by atoms with Crippen molar-refractivity contribution in [2.45, 2.75) is 38.3 Å². The number of rotatable bonds is 3. The molecule has 2 aliphatic heterocycles. The molecule has 108 valence electrons. The van der Waals surface area contributed by atoms with Gasteiger partial charge in [-0.25, -0.2) is 4.79 Å². The standard InChI is InChI=1S/C13H22N2O4/c1-9-4-3-6-15(9)12(16)11(14-13(17)18-2)10-5-7-19-8-10/h9-11H,3-8H2,1-2H3,(H,14,17). The van der Waals surface area contributed by atoms with Crippen molar-refractivity contribution in [2.75, 3.05) is 26.9 Å². The Balaban J connectivity index is 2.06. The molecule has 0 spiro atoms. The average molecular weight is 270 g/mol. The van der Waals surface area contributed by atoms with Crippen LogP contribution in [-0.4, -0.2) is 55.9 Å². The molecular formula is C13H22N2O4. The van der Waals surface area contributed by atoms with Crippen LogP contribution in [0.3, 0.4) is 0 Å². The molecule has 3 atom stereocenters. The molecule has 19 heavy (non-hydrogen) atoms. The molecule has 2 fully saturated rings. The van der Waals surface area contributed by atoms with E-state index in [1.54, 1.807) is 0 Å². The lowest BCUT2D eigenvalue weighted by Crippen LogP contribution is -2.53. The molecule has 2 aliphatic rings. The molecule has 1 N–H and O–H groups in total. The zero-order valence-corrected chi connectivity index (χ0v) is 11.6. The van der Waals surface area contributed by atoms with Crippen LogP contribution in [0.5, 0.6) is 0 Å². The van der Waals surface area contributed by atoms with Gasteiger partial charge in [0.2, 0.25) is 5.91 Å². The van der Waals surface area contributed by atoms with Crippen molar-refractivity contribution in [1.82, 2.24) is 10.2 Å². The molecule has 0 aromatic rings. The largest absolute Gasteiger partial charge is 0.453 e. The quantitative estimate of drug-likeness (QED) is 0.822. The Bertz CT molecular complexity index is 342. The maximum absolute atomic E-state index is 12.6. The molecule has 0 aliphatic carbocycles. The number of methoxy groups -OCH3 is 1. The van der Waals surface area contributed by atoms with Gasteiger partial charge < -0.3 is 19.7 Å². The molecule has 2 rings (SSSR count). The Labute approximate surface area is 113 Å². The molecule has 0 radical (unpaired) electrons. The first-order chi connectivity index (χ1) is 9.13. The predicted octanol–water partition coefficient (Wildman–Crippen LogP) is 0.758. The van der Waals surface area contributed by atoms with Gasteiger partial charge in [-0.05, 0) is 26.2 Å². The maximum Gasteiger partial charge on any atom is 0.407 e. The number of hydrogen-bond acceptors (Lipinski definition) is 4. The molecule has 2 heterocycles. The van der Waals surface area contributed by atoms with Crippen LogP contribution in [0.25, 0.3) is 0 Å². The van der Waals surface area contributed by atoms with Gasteiger partial charge in [-0.1, -0.05) is 0 Å². The van der Waals surface area contributed by atoms with E-state index in [2.05, 4.69) is 10.1 Å². The van der Waals surface area contributed by atoms with E-state index in [9.17, 15) is 9.59 Å². The summed E-state index contributed by atoms with van der Waals surface area (Å²) < 4.78 is 9.95. The van der Waals surface area contributed by atoms with Gasteiger partial charge in [0.25, 0.3) is 0 Å². The zero-order valence-electron chi connectivity index (χ0n) is 11.6. The molecule has 6 heteroatoms. The molecule has 0 aromatic carbocycles. The van der Waals surface area contributed by atoms with Crippen molar-refractivity contribution in [2.24, 2.45) is 5.92 Å². The fourth-order valence-electron chi connectivity index (χ4n) is 2.82. The van der Waals surface area contributed by atoms with Crippen LogP contribution < -0.4 is 5.32 Å². The minimum atomic E-state index is -0.558. The smallest absolute Gasteiger partial charge is 0.407 e. The molecule has 0 saturated carbocycles. The van der Waals surface area contributed by atoms with Gasteiger partial charge in [-0.2, -0.15) is 0 Å². The van der Waals surface area contributed by atoms with E-state index in [1.807, 2.05) is 11.8 Å². The van der Waals surface area contributed by atoms with Gasteiger partial charge in [0.15, 0.2) is 0 Å². The minimum absolute atomic E-state index is 0.00843. The molecule has 2 saturated heterocycles. The highest BCUT2D eigenvalue weighted by Crippen LogP contribution is 2.23. The molecule has 0 aromatic heterocycles. The number of alkyl carbamates (subject to hydrolysis) is 1. The van der Waals surface area contributed by atoms with Crippen LogP contribution in [0.15, 0.2) is 0 Å². The molecule has 6 nitrogen and oxygen atoms in total. The number of likely N-dealkylation sites (tertiary alicyclic amines) is 1. The minimum Gasteiger partial charge on any atom is -0.453 e. The van der Waals surface area contributed by atoms with Gasteiger partial charge >= 0.3 is 6.09 Å². The molecule has 0 bridgehead atoms. The second-order valence-corrected chi connectivity index (χ2v) is 5.26. The monoisotopic (exact) mass is 270 g/mol. The lowest BCUT2D eigenvalue weighted by Gasteiger charge is -2.29. The summed E-state index contributed by atoms with van der Waals surface area (Å²) in [4.78, 5) is 25.9. The first-order valence-electron chi connectivity index (χ1n) is 6.86. The summed E-state index contributed by atoms with van der Waals surface area (Å²) in [5.74, 6) is 0.0327. The highest BCUT2D eigenvalue weighted by atomic mass is 16.5. The topological polar surface area (TPSA) is 67.9 Å². The van der Waals surface area contributed by atoms with E-state index in [0.717, 1.165) is 25.8 Å². The number of carbonyl (C=O) groups is 2. The Hall–Kier alpha value is -1.30. The van der Waals surface area contributed by atoms with E-state index >= 15 is 0 Å². The Morgan fingerprint density at radius 1 is 1.42 bits per heavy atom. The van der Waals surface area contributed by atoms with Crippen molar-refractivity contribution in [3.63, 3.8) is 0 Å². The van der Waals surface area contributed by atoms with E-state index < -0.39 is 12.1 Å². The second kappa shape index (κ2) is 6.23. The summed E-state index contributed by atoms with van der Waals surface area (Å²) in [6.07, 6.45) is 2.29. The highest BCUT2D eigenvalue weighted by molar-refractivity contribution is 5.86. The lowest BCUT2D eigenvalue weighted by molar-refractivity contribution is -0.135. The van der Waals surface area contributed by atoms with E-state index in [4.69, 9.17) is 4.74 Å². The summed E-state index contributed by atoms with van der Waals surface area (Å²) in [5.41, 5.74) is 0. The summed E-state index contributed by atoms with van der Waals surface area (Å²) in [7, 11) is 1.31. The average Bonchev–Trinajstić information content (AvgIpc) is 3.05. The Morgan fingerprint density at radius 2 is 2.21 bits per heavy atom. The SMILES string of the molecule is COC(=O)NC(C(=O)N1CCCC1C)C1CCOC1. The van der Waals surface area contributed by atoms with Gasteiger partial charge in [-0.15, -0.1) is 0 Å². The van der Waals surface area contributed by atoms with Crippen LogP contribution in [-0.2, 0) is 14.3 Å². The van der Waals surface area contributed by atoms with E-state index in [1.165, 1.54) is 7.11 Å². The maximum atomic E-state index is 12.6. The van der Waals surface area contributed by atoms with Crippen molar-refractivity contribution in [1.29, 1.82) is 0 Å². The number of amides is 2. The van der Waals surface area contributed by atoms with Crippen molar-refractivity contribution in [3.05, 3.63) is 0 Å². The zero-order chi connectivity index (χ0) is 13.8. The number of hydrogen-bond donors (Lipinski definition) is 1. The van der Waals surface area contributed by atoms with E-state index in [-0.39, 0.29) is 17.9 Å². The predicted molar refractivity (Wildman–Crippen MR) is 68.7 cm³/mol. The number of carbonyl (C=O) groups excluding carboxylic acids is 2. The first-order valence-corrected chi connectivity index (χ1v) is 6.86. The van der Waals surface area contributed by atoms with Crippen LogP contribution in [0.2, 0.25) is 0 Å². The van der Waals surface area contributed by atoms with E-state index in [0.29, 0.717) is 13.2 Å². The Kier molecular flexibility index (Phi) is 4.63. The fourth-order valence-corrected chi connectivity index (χ4v) is 2.82. The third kappa shape index (κ3) is 3.18. The van der Waals surface area contributed by atoms with Crippen LogP contribution in [0.4, 0.5) is 4.79 Å². The lowest BCUT2D eigenvalue weighted by atomic mass is 9.97. The first kappa shape index (κ1) is 14.1. The molecular weight excluding hydrogens is 248 g/mol. The number of nitrogens with one attached hydrogen (secondary N) is 1. The Morgan fingerprint density at radius 3 is 2.74 bits per heavy atom. The van der Waals surface area contributed by atoms with Gasteiger partial charge in [-0.3, -0.25) is 4.79 Å². The van der Waals surface area contributed by atoms with Gasteiger partial charge in [0, 0.05) is 25.1 Å². The van der Waals surface area contributed by atoms with Crippen molar-refractivity contribution >= 4 is 12.0 Å². The fraction of sp³-hybridized carbons (Fsp3) is 0.846. The summed E-state index contributed by atoms with van der Waals surface area (Å²) in [5, 5.41) is 2.67.